The molecule has 0 radical (unpaired) electrons. The number of alkyl carbamates (subject to hydrolysis) is 2. The van der Waals surface area contributed by atoms with Gasteiger partial charge in [0.1, 0.15) is 48.3 Å². The third kappa shape index (κ3) is 10.7. The largest absolute Gasteiger partial charge is 0.488 e. The van der Waals surface area contributed by atoms with Crippen molar-refractivity contribution in [3.63, 3.8) is 0 Å². The van der Waals surface area contributed by atoms with Crippen LogP contribution in [0.2, 0.25) is 0 Å². The normalized spacial score (nSPS) is 19.2. The van der Waals surface area contributed by atoms with Crippen LogP contribution in [0.5, 0.6) is 5.75 Å². The third-order valence-electron chi connectivity index (χ3n) is 13.9. The number of nitrogens with zero attached hydrogens (tertiary/aromatic N) is 4. The molecule has 6 atom stereocenters. The number of ether oxygens (including phenoxy) is 5. The Morgan fingerprint density at radius 1 is 0.890 bits per heavy atom. The molecule has 5 heterocycles. The van der Waals surface area contributed by atoms with Crippen LogP contribution in [0.25, 0.3) is 44.2 Å². The van der Waals surface area contributed by atoms with Gasteiger partial charge in [-0.05, 0) is 105 Å². The van der Waals surface area contributed by atoms with Crippen LogP contribution in [0.3, 0.4) is 0 Å². The first kappa shape index (κ1) is 50.5. The Kier molecular flexibility index (Phi) is 14.5. The summed E-state index contributed by atoms with van der Waals surface area (Å²) in [6, 6.07) is 20.6. The first-order valence-electron chi connectivity index (χ1n) is 24.9. The summed E-state index contributed by atoms with van der Waals surface area (Å²) in [4.78, 5) is 86.7. The smallest absolute Gasteiger partial charge is 0.410 e. The summed E-state index contributed by atoms with van der Waals surface area (Å²) in [7, 11) is 2.88. The fourth-order valence-electron chi connectivity index (χ4n) is 10.4. The molecule has 4 N–H and O–H groups in total. The third-order valence-corrected chi connectivity index (χ3v) is 13.9. The zero-order valence-electron chi connectivity index (χ0n) is 42.6. The number of methoxy groups -OCH3 is 2. The van der Waals surface area contributed by atoms with Gasteiger partial charge in [-0.25, -0.2) is 24.4 Å². The number of hydrogen-bond acceptors (Lipinski definition) is 12. The van der Waals surface area contributed by atoms with E-state index in [4.69, 9.17) is 33.7 Å². The SMILES string of the molecule is COCC1CC(c2ncc(-c3ccc4c(c3)COc3cc5c(ccc6[nH]c(C7CCC(C)N7C(=O)C(NC(=O)OCCC(=O)C(NC(=O)OC)c7ccccc7)C(C)C)nc65)cc3-4)[nH]2)N(C(=O)OC(C)(C)C)C1. The first-order valence-corrected chi connectivity index (χ1v) is 24.9. The maximum absolute atomic E-state index is 14.5. The number of imidazole rings is 2. The number of fused-ring (bicyclic) bond motifs is 6. The molecule has 9 rings (SSSR count). The lowest BCUT2D eigenvalue weighted by Crippen LogP contribution is -2.52. The van der Waals surface area contributed by atoms with Gasteiger partial charge in [-0.3, -0.25) is 14.5 Å². The van der Waals surface area contributed by atoms with E-state index in [1.165, 1.54) is 7.11 Å². The molecule has 6 aromatic rings. The van der Waals surface area contributed by atoms with Gasteiger partial charge in [-0.1, -0.05) is 62.4 Å². The van der Waals surface area contributed by atoms with Crippen molar-refractivity contribution in [3.8, 4) is 28.1 Å². The molecular weight excluding hydrogens is 933 g/mol. The number of carbonyl (C=O) groups excluding carboxylic acids is 5. The van der Waals surface area contributed by atoms with Crippen LogP contribution in [-0.2, 0) is 35.1 Å². The summed E-state index contributed by atoms with van der Waals surface area (Å²) in [6.07, 6.45) is 1.77. The second-order valence-electron chi connectivity index (χ2n) is 20.6. The van der Waals surface area contributed by atoms with Gasteiger partial charge in [0.15, 0.2) is 5.78 Å². The molecule has 18 nitrogen and oxygen atoms in total. The molecule has 2 saturated heterocycles. The average molecular weight is 997 g/mol. The van der Waals surface area contributed by atoms with Gasteiger partial charge in [0.2, 0.25) is 5.91 Å². The van der Waals surface area contributed by atoms with E-state index < -0.39 is 29.9 Å². The number of benzene rings is 4. The topological polar surface area (TPSA) is 219 Å². The Bertz CT molecular complexity index is 3040. The zero-order valence-corrected chi connectivity index (χ0v) is 42.6. The van der Waals surface area contributed by atoms with Crippen molar-refractivity contribution in [1.29, 1.82) is 0 Å². The van der Waals surface area contributed by atoms with Crippen molar-refractivity contribution in [2.75, 3.05) is 34.0 Å². The van der Waals surface area contributed by atoms with Gasteiger partial charge in [0, 0.05) is 43.0 Å². The molecule has 0 spiro atoms. The molecule has 3 aliphatic rings. The highest BCUT2D eigenvalue weighted by molar-refractivity contribution is 6.07. The number of ketones is 1. The number of nitrogens with one attached hydrogen (secondary N) is 4. The molecular formula is C55H64N8O10. The number of Topliss-reactive ketones (excluding diaryl/α,β-unsaturated/α-hetero) is 1. The van der Waals surface area contributed by atoms with E-state index in [1.54, 1.807) is 42.3 Å². The van der Waals surface area contributed by atoms with Crippen molar-refractivity contribution in [2.24, 2.45) is 11.8 Å². The second-order valence-corrected chi connectivity index (χ2v) is 20.6. The Morgan fingerprint density at radius 3 is 2.42 bits per heavy atom. The fourth-order valence-corrected chi connectivity index (χ4v) is 10.4. The number of likely N-dealkylation sites (tertiary alicyclic amines) is 2. The van der Waals surface area contributed by atoms with Crippen LogP contribution in [0.15, 0.2) is 79.0 Å². The van der Waals surface area contributed by atoms with E-state index in [9.17, 15) is 24.0 Å². The van der Waals surface area contributed by atoms with E-state index in [0.717, 1.165) is 61.9 Å². The maximum atomic E-state index is 14.5. The molecule has 2 aromatic heterocycles. The highest BCUT2D eigenvalue weighted by Gasteiger charge is 2.42. The van der Waals surface area contributed by atoms with Crippen LogP contribution in [0.1, 0.15) is 108 Å². The maximum Gasteiger partial charge on any atom is 0.410 e. The van der Waals surface area contributed by atoms with Crippen molar-refractivity contribution < 1.29 is 47.7 Å². The molecule has 384 valence electrons. The Labute approximate surface area is 423 Å². The molecule has 6 unspecified atom stereocenters. The number of aromatic nitrogens is 4. The summed E-state index contributed by atoms with van der Waals surface area (Å²) in [6.45, 7) is 12.4. The monoisotopic (exact) mass is 996 g/mol. The number of aromatic amines is 2. The Morgan fingerprint density at radius 2 is 1.68 bits per heavy atom. The summed E-state index contributed by atoms with van der Waals surface area (Å²) >= 11 is 0. The lowest BCUT2D eigenvalue weighted by molar-refractivity contribution is -0.137. The van der Waals surface area contributed by atoms with Gasteiger partial charge in [-0.2, -0.15) is 0 Å². The fraction of sp³-hybridized carbons (Fsp3) is 0.436. The second kappa shape index (κ2) is 20.9. The molecule has 4 aromatic carbocycles. The Hall–Kier alpha value is -7.47. The predicted octanol–water partition coefficient (Wildman–Crippen LogP) is 9.47. The van der Waals surface area contributed by atoms with Crippen molar-refractivity contribution in [2.45, 2.75) is 110 Å². The van der Waals surface area contributed by atoms with E-state index in [0.29, 0.717) is 49.8 Å². The quantitative estimate of drug-likeness (QED) is 0.0750. The summed E-state index contributed by atoms with van der Waals surface area (Å²) < 4.78 is 27.8. The highest BCUT2D eigenvalue weighted by atomic mass is 16.6. The molecule has 4 amide bonds. The molecule has 2 fully saturated rings. The lowest BCUT2D eigenvalue weighted by atomic mass is 9.92. The molecule has 73 heavy (non-hydrogen) atoms. The number of rotatable bonds is 14. The predicted molar refractivity (Wildman–Crippen MR) is 272 cm³/mol. The average Bonchev–Trinajstić information content (AvgIpc) is 4.20. The van der Waals surface area contributed by atoms with Crippen molar-refractivity contribution >= 4 is 51.8 Å². The van der Waals surface area contributed by atoms with Gasteiger partial charge in [0.05, 0.1) is 48.7 Å². The van der Waals surface area contributed by atoms with Crippen LogP contribution in [0, 0.1) is 11.8 Å². The highest BCUT2D eigenvalue weighted by Crippen LogP contribution is 2.44. The van der Waals surface area contributed by atoms with E-state index in [1.807, 2.05) is 64.8 Å². The number of hydrogen-bond donors (Lipinski definition) is 4. The first-order chi connectivity index (χ1) is 35.0. The van der Waals surface area contributed by atoms with Crippen molar-refractivity contribution in [3.05, 3.63) is 102 Å². The van der Waals surface area contributed by atoms with E-state index >= 15 is 0 Å². The van der Waals surface area contributed by atoms with Crippen molar-refractivity contribution in [1.82, 2.24) is 40.4 Å². The molecule has 0 saturated carbocycles. The molecule has 0 bridgehead atoms. The number of carbonyl (C=O) groups is 5. The van der Waals surface area contributed by atoms with Gasteiger partial charge >= 0.3 is 18.3 Å². The van der Waals surface area contributed by atoms with Gasteiger partial charge in [-0.15, -0.1) is 0 Å². The molecule has 0 aliphatic carbocycles. The van der Waals surface area contributed by atoms with Gasteiger partial charge in [0.25, 0.3) is 0 Å². The number of H-pyrrole nitrogens is 2. The van der Waals surface area contributed by atoms with Crippen LogP contribution in [0.4, 0.5) is 14.4 Å². The lowest BCUT2D eigenvalue weighted by Gasteiger charge is -2.33. The van der Waals surface area contributed by atoms with Crippen LogP contribution < -0.4 is 15.4 Å². The summed E-state index contributed by atoms with van der Waals surface area (Å²) in [5.74, 6) is 1.31. The van der Waals surface area contributed by atoms with Crippen LogP contribution in [-0.4, -0.2) is 111 Å². The molecule has 18 heteroatoms. The summed E-state index contributed by atoms with van der Waals surface area (Å²) in [5.41, 5.74) is 6.36. The minimum absolute atomic E-state index is 0.136. The van der Waals surface area contributed by atoms with E-state index in [-0.39, 0.29) is 60.8 Å². The number of amides is 4. The zero-order chi connectivity index (χ0) is 51.7. The minimum atomic E-state index is -0.994. The van der Waals surface area contributed by atoms with Crippen LogP contribution >= 0.6 is 0 Å². The molecule has 3 aliphatic heterocycles. The summed E-state index contributed by atoms with van der Waals surface area (Å²) in [5, 5.41) is 7.20. The standard InChI is InChI=1S/C55H64N8O10/c1-30(2)46(60-53(67)71-21-20-44(64)47(61-52(66)70-8)33-12-10-9-11-13-33)51(65)63-31(3)14-19-42(63)50-57-40-18-16-34-24-39-37-17-15-35(23-36(37)29-72-45(39)25-38(34)48(40)59-50)41-26-56-49(58-41)43-22-32(28-69-7)27-62(43)54(68)73-55(4,5)6/h9-13,15-18,23-26,30-32,42-43,46-47H,14,19-22,27-29H2,1-8H3,(H,56,58)(H,57,59)(H,60,67)(H,61,66). The Balaban J connectivity index is 0.889. The van der Waals surface area contributed by atoms with Gasteiger partial charge < -0.3 is 49.2 Å². The minimum Gasteiger partial charge on any atom is -0.488 e. The van der Waals surface area contributed by atoms with E-state index in [2.05, 4.69) is 50.9 Å².